The predicted octanol–water partition coefficient (Wildman–Crippen LogP) is 0.648. The van der Waals surface area contributed by atoms with Crippen molar-refractivity contribution in [2.24, 2.45) is 0 Å². The van der Waals surface area contributed by atoms with Gasteiger partial charge in [-0.25, -0.2) is 8.42 Å². The third-order valence-corrected chi connectivity index (χ3v) is 6.23. The number of piperazine rings is 1. The van der Waals surface area contributed by atoms with Crippen molar-refractivity contribution >= 4 is 10.0 Å². The van der Waals surface area contributed by atoms with E-state index in [2.05, 4.69) is 6.07 Å². The molecule has 0 saturated carbocycles. The monoisotopic (exact) mass is 342 g/mol. The van der Waals surface area contributed by atoms with Gasteiger partial charge in [0, 0.05) is 5.56 Å². The fraction of sp³-hybridized carbons (Fsp3) is 0.278. The molecule has 1 aliphatic rings. The summed E-state index contributed by atoms with van der Waals surface area (Å²) in [6.45, 7) is 3.38. The van der Waals surface area contributed by atoms with Crippen LogP contribution in [0.5, 0.6) is 0 Å². The zero-order valence-corrected chi connectivity index (χ0v) is 14.2. The Bertz CT molecular complexity index is 836. The van der Waals surface area contributed by atoms with Crippen molar-refractivity contribution in [3.63, 3.8) is 0 Å². The van der Waals surface area contributed by atoms with Crippen molar-refractivity contribution in [3.8, 4) is 6.07 Å². The minimum atomic E-state index is -3.39. The van der Waals surface area contributed by atoms with E-state index in [-0.39, 0.29) is 0 Å². The molecule has 0 atom stereocenters. The lowest BCUT2D eigenvalue weighted by molar-refractivity contribution is -0.917. The highest BCUT2D eigenvalue weighted by atomic mass is 32.2. The first kappa shape index (κ1) is 16.7. The standard InChI is InChI=1S/C18H19N3O2S/c19-14-16-5-4-6-17(13-16)15-20-9-11-21(12-10-20)24(22,23)18-7-2-1-3-8-18/h1-8,13H,9-12,15H2/p+1. The summed E-state index contributed by atoms with van der Waals surface area (Å²) < 4.78 is 26.8. The molecule has 0 unspecified atom stereocenters. The van der Waals surface area contributed by atoms with Crippen LogP contribution in [0.2, 0.25) is 0 Å². The third kappa shape index (κ3) is 3.65. The van der Waals surface area contributed by atoms with Gasteiger partial charge >= 0.3 is 0 Å². The molecule has 1 saturated heterocycles. The molecule has 1 aliphatic heterocycles. The number of nitrogens with one attached hydrogen (secondary N) is 1. The number of benzene rings is 2. The first-order valence-corrected chi connectivity index (χ1v) is 9.41. The summed E-state index contributed by atoms with van der Waals surface area (Å²) in [4.78, 5) is 1.69. The van der Waals surface area contributed by atoms with Crippen LogP contribution in [0.4, 0.5) is 0 Å². The molecule has 0 aromatic heterocycles. The molecule has 5 nitrogen and oxygen atoms in total. The quantitative estimate of drug-likeness (QED) is 0.887. The van der Waals surface area contributed by atoms with E-state index in [0.717, 1.165) is 25.2 Å². The van der Waals surface area contributed by atoms with Crippen molar-refractivity contribution < 1.29 is 13.3 Å². The second-order valence-electron chi connectivity index (χ2n) is 5.96. The van der Waals surface area contributed by atoms with Crippen molar-refractivity contribution in [3.05, 3.63) is 65.7 Å². The Hall–Kier alpha value is -2.20. The molecule has 0 radical (unpaired) electrons. The van der Waals surface area contributed by atoms with E-state index in [4.69, 9.17) is 5.26 Å². The van der Waals surface area contributed by atoms with E-state index in [9.17, 15) is 8.42 Å². The van der Waals surface area contributed by atoms with Gasteiger partial charge in [-0.3, -0.25) is 0 Å². The first-order chi connectivity index (χ1) is 11.6. The van der Waals surface area contributed by atoms with Gasteiger partial charge in [-0.1, -0.05) is 30.3 Å². The van der Waals surface area contributed by atoms with Gasteiger partial charge in [0.25, 0.3) is 0 Å². The molecule has 6 heteroatoms. The summed E-state index contributed by atoms with van der Waals surface area (Å²) >= 11 is 0. The number of hydrogen-bond donors (Lipinski definition) is 1. The molecule has 0 spiro atoms. The maximum atomic E-state index is 12.6. The van der Waals surface area contributed by atoms with Crippen LogP contribution in [0.3, 0.4) is 0 Å². The number of nitrogens with zero attached hydrogens (tertiary/aromatic N) is 2. The lowest BCUT2D eigenvalue weighted by atomic mass is 10.1. The highest BCUT2D eigenvalue weighted by Crippen LogP contribution is 2.14. The summed E-state index contributed by atoms with van der Waals surface area (Å²) in [6.07, 6.45) is 0. The Morgan fingerprint density at radius 1 is 1.04 bits per heavy atom. The summed E-state index contributed by atoms with van der Waals surface area (Å²) in [5.74, 6) is 0. The highest BCUT2D eigenvalue weighted by molar-refractivity contribution is 7.89. The average molecular weight is 342 g/mol. The molecule has 3 rings (SSSR count). The Balaban J connectivity index is 1.63. The van der Waals surface area contributed by atoms with E-state index in [1.807, 2.05) is 24.3 Å². The first-order valence-electron chi connectivity index (χ1n) is 7.97. The maximum Gasteiger partial charge on any atom is 0.243 e. The number of rotatable bonds is 4. The molecule has 1 fully saturated rings. The summed E-state index contributed by atoms with van der Waals surface area (Å²) in [7, 11) is -3.39. The van der Waals surface area contributed by atoms with Crippen molar-refractivity contribution in [1.82, 2.24) is 4.31 Å². The lowest BCUT2D eigenvalue weighted by Crippen LogP contribution is -3.13. The second-order valence-corrected chi connectivity index (χ2v) is 7.89. The zero-order valence-electron chi connectivity index (χ0n) is 13.4. The predicted molar refractivity (Wildman–Crippen MR) is 90.8 cm³/mol. The van der Waals surface area contributed by atoms with Crippen molar-refractivity contribution in [2.75, 3.05) is 26.2 Å². The fourth-order valence-electron chi connectivity index (χ4n) is 3.00. The van der Waals surface area contributed by atoms with Gasteiger partial charge in [-0.2, -0.15) is 9.57 Å². The van der Waals surface area contributed by atoms with Crippen LogP contribution < -0.4 is 4.90 Å². The van der Waals surface area contributed by atoms with Gasteiger partial charge in [0.2, 0.25) is 10.0 Å². The molecule has 0 amide bonds. The summed E-state index contributed by atoms with van der Waals surface area (Å²) in [5, 5.41) is 8.97. The van der Waals surface area contributed by atoms with Gasteiger partial charge in [-0.15, -0.1) is 0 Å². The Labute approximate surface area is 142 Å². The van der Waals surface area contributed by atoms with E-state index in [1.54, 1.807) is 34.6 Å². The van der Waals surface area contributed by atoms with E-state index in [1.165, 1.54) is 4.90 Å². The van der Waals surface area contributed by atoms with Crippen LogP contribution in [0.1, 0.15) is 11.1 Å². The molecule has 0 bridgehead atoms. The summed E-state index contributed by atoms with van der Waals surface area (Å²) in [6, 6.07) is 18.3. The van der Waals surface area contributed by atoms with Crippen molar-refractivity contribution in [2.45, 2.75) is 11.4 Å². The molecule has 1 heterocycles. The van der Waals surface area contributed by atoms with Gasteiger partial charge in [0.1, 0.15) is 6.54 Å². The summed E-state index contributed by atoms with van der Waals surface area (Å²) in [5.41, 5.74) is 1.78. The van der Waals surface area contributed by atoms with Crippen LogP contribution in [-0.2, 0) is 16.6 Å². The second kappa shape index (κ2) is 7.14. The molecule has 2 aromatic carbocycles. The number of sulfonamides is 1. The smallest absolute Gasteiger partial charge is 0.243 e. The molecule has 124 valence electrons. The van der Waals surface area contributed by atoms with Crippen LogP contribution >= 0.6 is 0 Å². The van der Waals surface area contributed by atoms with Gasteiger partial charge in [0.15, 0.2) is 0 Å². The Morgan fingerprint density at radius 3 is 2.42 bits per heavy atom. The van der Waals surface area contributed by atoms with Crippen molar-refractivity contribution in [1.29, 1.82) is 5.26 Å². The highest BCUT2D eigenvalue weighted by Gasteiger charge is 2.30. The van der Waals surface area contributed by atoms with Crippen LogP contribution in [0, 0.1) is 11.3 Å². The Kier molecular flexibility index (Phi) is 4.95. The molecule has 2 aromatic rings. The topological polar surface area (TPSA) is 65.6 Å². The lowest BCUT2D eigenvalue weighted by Gasteiger charge is -2.31. The van der Waals surface area contributed by atoms with Crippen LogP contribution in [0.25, 0.3) is 0 Å². The zero-order chi connectivity index (χ0) is 17.0. The fourth-order valence-corrected chi connectivity index (χ4v) is 4.46. The SMILES string of the molecule is N#Cc1cccc(C[NH+]2CCN(S(=O)(=O)c3ccccc3)CC2)c1. The molecular formula is C18H20N3O2S+. The average Bonchev–Trinajstić information content (AvgIpc) is 2.63. The van der Waals surface area contributed by atoms with Gasteiger partial charge in [0.05, 0.1) is 42.7 Å². The maximum absolute atomic E-state index is 12.6. The van der Waals surface area contributed by atoms with Crippen LogP contribution in [-0.4, -0.2) is 38.9 Å². The van der Waals surface area contributed by atoms with Gasteiger partial charge < -0.3 is 4.90 Å². The molecule has 1 N–H and O–H groups in total. The molecule has 24 heavy (non-hydrogen) atoms. The number of nitriles is 1. The van der Waals surface area contributed by atoms with E-state index < -0.39 is 10.0 Å². The normalized spacial score (nSPS) is 16.6. The van der Waals surface area contributed by atoms with Gasteiger partial charge in [-0.05, 0) is 24.3 Å². The van der Waals surface area contributed by atoms with E-state index in [0.29, 0.717) is 23.5 Å². The third-order valence-electron chi connectivity index (χ3n) is 4.32. The minimum Gasteiger partial charge on any atom is -0.329 e. The Morgan fingerprint density at radius 2 is 1.75 bits per heavy atom. The molecular weight excluding hydrogens is 322 g/mol. The minimum absolute atomic E-state index is 0.357. The number of hydrogen-bond acceptors (Lipinski definition) is 3. The van der Waals surface area contributed by atoms with Crippen LogP contribution in [0.15, 0.2) is 59.5 Å². The van der Waals surface area contributed by atoms with E-state index >= 15 is 0 Å². The number of quaternary nitrogens is 1. The largest absolute Gasteiger partial charge is 0.329 e. The molecule has 0 aliphatic carbocycles.